The van der Waals surface area contributed by atoms with Crippen molar-refractivity contribution in [2.75, 3.05) is 44.7 Å². The zero-order valence-electron chi connectivity index (χ0n) is 13.2. The molecule has 2 N–H and O–H groups in total. The van der Waals surface area contributed by atoms with E-state index in [0.29, 0.717) is 44.1 Å². The highest BCUT2D eigenvalue weighted by atomic mass is 16.5. The van der Waals surface area contributed by atoms with Gasteiger partial charge in [-0.25, -0.2) is 0 Å². The largest absolute Gasteiger partial charge is 0.378 e. The average molecular weight is 317 g/mol. The van der Waals surface area contributed by atoms with Crippen LogP contribution in [0, 0.1) is 5.92 Å². The molecule has 1 saturated carbocycles. The van der Waals surface area contributed by atoms with Crippen molar-refractivity contribution >= 4 is 17.5 Å². The van der Waals surface area contributed by atoms with Crippen molar-refractivity contribution in [1.29, 1.82) is 0 Å². The average Bonchev–Trinajstić information content (AvgIpc) is 3.40. The Bertz CT molecular complexity index is 549. The summed E-state index contributed by atoms with van der Waals surface area (Å²) >= 11 is 0. The van der Waals surface area contributed by atoms with Crippen molar-refractivity contribution < 1.29 is 14.3 Å². The fourth-order valence-electron chi connectivity index (χ4n) is 2.56. The van der Waals surface area contributed by atoms with Crippen molar-refractivity contribution in [3.63, 3.8) is 0 Å². The number of benzene rings is 1. The van der Waals surface area contributed by atoms with Crippen LogP contribution in [0.5, 0.6) is 0 Å². The molecule has 1 aromatic carbocycles. The van der Waals surface area contributed by atoms with Gasteiger partial charge in [0.05, 0.1) is 19.8 Å². The van der Waals surface area contributed by atoms with E-state index in [1.54, 1.807) is 29.2 Å². The molecule has 23 heavy (non-hydrogen) atoms. The molecule has 0 atom stereocenters. The second-order valence-electron chi connectivity index (χ2n) is 6.10. The van der Waals surface area contributed by atoms with E-state index in [2.05, 4.69) is 10.6 Å². The van der Waals surface area contributed by atoms with Gasteiger partial charge in [-0.05, 0) is 49.6 Å². The Labute approximate surface area is 136 Å². The molecule has 124 valence electrons. The molecule has 3 rings (SSSR count). The van der Waals surface area contributed by atoms with Crippen LogP contribution in [-0.4, -0.2) is 56.1 Å². The Morgan fingerprint density at radius 2 is 1.83 bits per heavy atom. The molecule has 2 aliphatic rings. The number of anilines is 1. The summed E-state index contributed by atoms with van der Waals surface area (Å²) in [4.78, 5) is 25.9. The van der Waals surface area contributed by atoms with E-state index in [9.17, 15) is 9.59 Å². The number of rotatable bonds is 6. The fraction of sp³-hybridized carbons (Fsp3) is 0.529. The molecule has 1 aromatic rings. The lowest BCUT2D eigenvalue weighted by molar-refractivity contribution is -0.115. The van der Waals surface area contributed by atoms with Crippen LogP contribution < -0.4 is 10.6 Å². The van der Waals surface area contributed by atoms with Gasteiger partial charge < -0.3 is 20.3 Å². The van der Waals surface area contributed by atoms with Gasteiger partial charge in [-0.15, -0.1) is 0 Å². The van der Waals surface area contributed by atoms with Gasteiger partial charge in [0.25, 0.3) is 5.91 Å². The van der Waals surface area contributed by atoms with Crippen LogP contribution in [0.3, 0.4) is 0 Å². The van der Waals surface area contributed by atoms with E-state index in [-0.39, 0.29) is 11.8 Å². The lowest BCUT2D eigenvalue weighted by atomic mass is 10.1. The van der Waals surface area contributed by atoms with Crippen LogP contribution in [0.4, 0.5) is 5.69 Å². The van der Waals surface area contributed by atoms with E-state index >= 15 is 0 Å². The third-order valence-electron chi connectivity index (χ3n) is 4.13. The second-order valence-corrected chi connectivity index (χ2v) is 6.10. The Kier molecular flexibility index (Phi) is 5.25. The Morgan fingerprint density at radius 3 is 2.48 bits per heavy atom. The van der Waals surface area contributed by atoms with Crippen LogP contribution in [0.15, 0.2) is 24.3 Å². The highest BCUT2D eigenvalue weighted by molar-refractivity contribution is 5.96. The van der Waals surface area contributed by atoms with Gasteiger partial charge in [0.15, 0.2) is 0 Å². The maximum absolute atomic E-state index is 12.3. The highest BCUT2D eigenvalue weighted by Crippen LogP contribution is 2.27. The van der Waals surface area contributed by atoms with Crippen LogP contribution >= 0.6 is 0 Å². The minimum absolute atomic E-state index is 0.0114. The first kappa shape index (κ1) is 16.0. The summed E-state index contributed by atoms with van der Waals surface area (Å²) in [6.07, 6.45) is 2.54. The number of hydrogen-bond donors (Lipinski definition) is 2. The number of morpholine rings is 1. The van der Waals surface area contributed by atoms with E-state index in [1.165, 1.54) is 12.8 Å². The molecule has 1 heterocycles. The van der Waals surface area contributed by atoms with E-state index in [1.807, 2.05) is 0 Å². The first-order valence-electron chi connectivity index (χ1n) is 8.20. The SMILES string of the molecule is O=C(CNCC1CC1)Nc1ccc(C(=O)N2CCOCC2)cc1. The monoisotopic (exact) mass is 317 g/mol. The Hall–Kier alpha value is -1.92. The molecule has 1 saturated heterocycles. The minimum Gasteiger partial charge on any atom is -0.378 e. The molecule has 2 fully saturated rings. The zero-order chi connectivity index (χ0) is 16.1. The van der Waals surface area contributed by atoms with Crippen LogP contribution in [0.2, 0.25) is 0 Å². The number of ether oxygens (including phenoxy) is 1. The number of nitrogens with zero attached hydrogens (tertiary/aromatic N) is 1. The van der Waals surface area contributed by atoms with Gasteiger partial charge >= 0.3 is 0 Å². The number of carbonyl (C=O) groups excluding carboxylic acids is 2. The summed E-state index contributed by atoms with van der Waals surface area (Å²) in [7, 11) is 0. The molecule has 0 aromatic heterocycles. The molecule has 0 unspecified atom stereocenters. The molecule has 1 aliphatic heterocycles. The Morgan fingerprint density at radius 1 is 1.13 bits per heavy atom. The number of amides is 2. The number of hydrogen-bond acceptors (Lipinski definition) is 4. The molecule has 0 radical (unpaired) electrons. The standard InChI is InChI=1S/C17H23N3O3/c21-16(12-18-11-13-1-2-13)19-15-5-3-14(4-6-15)17(22)20-7-9-23-10-8-20/h3-6,13,18H,1-2,7-12H2,(H,19,21). The summed E-state index contributed by atoms with van der Waals surface area (Å²) in [5.74, 6) is 0.712. The normalized spacial score (nSPS) is 17.8. The number of nitrogens with one attached hydrogen (secondary N) is 2. The van der Waals surface area contributed by atoms with E-state index < -0.39 is 0 Å². The van der Waals surface area contributed by atoms with Gasteiger partial charge in [-0.1, -0.05) is 0 Å². The predicted molar refractivity (Wildman–Crippen MR) is 87.4 cm³/mol. The highest BCUT2D eigenvalue weighted by Gasteiger charge is 2.21. The molecule has 0 spiro atoms. The first-order chi connectivity index (χ1) is 11.2. The minimum atomic E-state index is -0.0575. The van der Waals surface area contributed by atoms with Crippen molar-refractivity contribution in [1.82, 2.24) is 10.2 Å². The Balaban J connectivity index is 1.47. The summed E-state index contributed by atoms with van der Waals surface area (Å²) in [5.41, 5.74) is 1.35. The van der Waals surface area contributed by atoms with Gasteiger partial charge in [0, 0.05) is 24.3 Å². The fourth-order valence-corrected chi connectivity index (χ4v) is 2.56. The molecule has 6 heteroatoms. The van der Waals surface area contributed by atoms with Crippen LogP contribution in [0.25, 0.3) is 0 Å². The van der Waals surface area contributed by atoms with E-state index in [4.69, 9.17) is 4.74 Å². The summed E-state index contributed by atoms with van der Waals surface area (Å²) in [5, 5.41) is 5.99. The lowest BCUT2D eigenvalue weighted by Crippen LogP contribution is -2.40. The van der Waals surface area contributed by atoms with Crippen LogP contribution in [-0.2, 0) is 9.53 Å². The van der Waals surface area contributed by atoms with Gasteiger partial charge in [0.1, 0.15) is 0 Å². The van der Waals surface area contributed by atoms with Gasteiger partial charge in [-0.3, -0.25) is 9.59 Å². The molecular weight excluding hydrogens is 294 g/mol. The lowest BCUT2D eigenvalue weighted by Gasteiger charge is -2.26. The topological polar surface area (TPSA) is 70.7 Å². The zero-order valence-corrected chi connectivity index (χ0v) is 13.2. The maximum atomic E-state index is 12.3. The first-order valence-corrected chi connectivity index (χ1v) is 8.20. The van der Waals surface area contributed by atoms with Crippen LogP contribution in [0.1, 0.15) is 23.2 Å². The number of carbonyl (C=O) groups is 2. The third kappa shape index (κ3) is 4.77. The molecule has 1 aliphatic carbocycles. The van der Waals surface area contributed by atoms with Crippen molar-refractivity contribution in [3.05, 3.63) is 29.8 Å². The van der Waals surface area contributed by atoms with E-state index in [0.717, 1.165) is 12.5 Å². The van der Waals surface area contributed by atoms with Crippen molar-refractivity contribution in [3.8, 4) is 0 Å². The third-order valence-corrected chi connectivity index (χ3v) is 4.13. The van der Waals surface area contributed by atoms with Gasteiger partial charge in [-0.2, -0.15) is 0 Å². The smallest absolute Gasteiger partial charge is 0.254 e. The molecule has 0 bridgehead atoms. The predicted octanol–water partition coefficient (Wildman–Crippen LogP) is 1.10. The summed E-state index contributed by atoms with van der Waals surface area (Å²) < 4.78 is 5.25. The van der Waals surface area contributed by atoms with Gasteiger partial charge in [0.2, 0.25) is 5.91 Å². The van der Waals surface area contributed by atoms with Crippen molar-refractivity contribution in [2.45, 2.75) is 12.8 Å². The quantitative estimate of drug-likeness (QED) is 0.824. The van der Waals surface area contributed by atoms with Crippen molar-refractivity contribution in [2.24, 2.45) is 5.92 Å². The molecule has 6 nitrogen and oxygen atoms in total. The maximum Gasteiger partial charge on any atom is 0.254 e. The second kappa shape index (κ2) is 7.57. The molecular formula is C17H23N3O3. The summed E-state index contributed by atoms with van der Waals surface area (Å²) in [6, 6.07) is 7.05. The molecule has 2 amide bonds. The summed E-state index contributed by atoms with van der Waals surface area (Å²) in [6.45, 7) is 3.68.